The van der Waals surface area contributed by atoms with E-state index >= 15 is 0 Å². The molecular formula is C35H60O6. The van der Waals surface area contributed by atoms with Crippen molar-refractivity contribution in [2.24, 2.45) is 0 Å². The summed E-state index contributed by atoms with van der Waals surface area (Å²) in [5.41, 5.74) is 0. The van der Waals surface area contributed by atoms with Gasteiger partial charge in [0.1, 0.15) is 6.61 Å². The fraction of sp³-hybridized carbons (Fsp3) is 0.714. The summed E-state index contributed by atoms with van der Waals surface area (Å²) < 4.78 is 10.4. The highest BCUT2D eigenvalue weighted by atomic mass is 16.6. The Morgan fingerprint density at radius 2 is 1.29 bits per heavy atom. The van der Waals surface area contributed by atoms with Crippen molar-refractivity contribution in [3.63, 3.8) is 0 Å². The van der Waals surface area contributed by atoms with E-state index in [0.717, 1.165) is 38.5 Å². The second-order valence-electron chi connectivity index (χ2n) is 10.7. The number of rotatable bonds is 28. The van der Waals surface area contributed by atoms with Crippen LogP contribution < -0.4 is 0 Å². The normalized spacial score (nSPS) is 13.6. The van der Waals surface area contributed by atoms with Gasteiger partial charge in [0.2, 0.25) is 0 Å². The number of unbranched alkanes of at least 4 members (excludes halogenated alkanes) is 12. The molecule has 2 N–H and O–H groups in total. The number of hydrogen-bond donors (Lipinski definition) is 2. The van der Waals surface area contributed by atoms with Gasteiger partial charge < -0.3 is 19.7 Å². The quantitative estimate of drug-likeness (QED) is 0.0420. The van der Waals surface area contributed by atoms with Gasteiger partial charge in [0, 0.05) is 12.8 Å². The molecule has 2 atom stereocenters. The van der Waals surface area contributed by atoms with Crippen LogP contribution in [-0.2, 0) is 19.1 Å². The molecule has 0 fully saturated rings. The van der Waals surface area contributed by atoms with Gasteiger partial charge in [-0.3, -0.25) is 9.59 Å². The lowest BCUT2D eigenvalue weighted by Crippen LogP contribution is -2.28. The predicted molar refractivity (Wildman–Crippen MR) is 170 cm³/mol. The monoisotopic (exact) mass is 576 g/mol. The Morgan fingerprint density at radius 1 is 0.683 bits per heavy atom. The third-order valence-electron chi connectivity index (χ3n) is 6.71. The summed E-state index contributed by atoms with van der Waals surface area (Å²) in [6, 6.07) is 0. The molecular weight excluding hydrogens is 516 g/mol. The van der Waals surface area contributed by atoms with Gasteiger partial charge >= 0.3 is 11.9 Å². The zero-order valence-electron chi connectivity index (χ0n) is 26.2. The van der Waals surface area contributed by atoms with Gasteiger partial charge in [-0.05, 0) is 44.9 Å². The van der Waals surface area contributed by atoms with E-state index in [1.165, 1.54) is 57.8 Å². The lowest BCUT2D eigenvalue weighted by Gasteiger charge is -2.15. The second-order valence-corrected chi connectivity index (χ2v) is 10.7. The first-order chi connectivity index (χ1) is 20.0. The van der Waals surface area contributed by atoms with Gasteiger partial charge in [0.25, 0.3) is 0 Å². The maximum atomic E-state index is 12.1. The van der Waals surface area contributed by atoms with Crippen molar-refractivity contribution in [1.29, 1.82) is 0 Å². The third-order valence-corrected chi connectivity index (χ3v) is 6.71. The largest absolute Gasteiger partial charge is 0.462 e. The maximum Gasteiger partial charge on any atom is 0.306 e. The SMILES string of the molecule is CCCCC/C=C\C=C/[C@H](O)C/C=C\C/C=C/CCCC(=O)O[C@@H](CO)COC(=O)CCCCCCCCCCC. The molecule has 0 saturated heterocycles. The lowest BCUT2D eigenvalue weighted by molar-refractivity contribution is -0.161. The zero-order chi connectivity index (χ0) is 30.2. The molecule has 6 nitrogen and oxygen atoms in total. The van der Waals surface area contributed by atoms with Crippen LogP contribution in [0.25, 0.3) is 0 Å². The van der Waals surface area contributed by atoms with Crippen LogP contribution in [0, 0.1) is 0 Å². The van der Waals surface area contributed by atoms with Crippen molar-refractivity contribution in [2.75, 3.05) is 13.2 Å². The minimum absolute atomic E-state index is 0.106. The van der Waals surface area contributed by atoms with Crippen LogP contribution >= 0.6 is 0 Å². The Bertz CT molecular complexity index is 724. The molecule has 0 heterocycles. The summed E-state index contributed by atoms with van der Waals surface area (Å²) in [6.07, 6.45) is 33.4. The number of hydrogen-bond acceptors (Lipinski definition) is 6. The molecule has 0 aromatic carbocycles. The van der Waals surface area contributed by atoms with Crippen LogP contribution in [0.5, 0.6) is 0 Å². The van der Waals surface area contributed by atoms with Gasteiger partial charge in [-0.25, -0.2) is 0 Å². The summed E-state index contributed by atoms with van der Waals surface area (Å²) in [5, 5.41) is 19.4. The Hall–Kier alpha value is -2.18. The van der Waals surface area contributed by atoms with E-state index in [1.807, 2.05) is 36.5 Å². The number of carbonyl (C=O) groups is 2. The molecule has 6 heteroatoms. The Labute approximate surface area is 251 Å². The molecule has 0 aromatic rings. The van der Waals surface area contributed by atoms with Gasteiger partial charge in [0.15, 0.2) is 6.10 Å². The van der Waals surface area contributed by atoms with Gasteiger partial charge in [0.05, 0.1) is 12.7 Å². The summed E-state index contributed by atoms with van der Waals surface area (Å²) >= 11 is 0. The highest BCUT2D eigenvalue weighted by molar-refractivity contribution is 5.70. The molecule has 0 unspecified atom stereocenters. The number of esters is 2. The van der Waals surface area contributed by atoms with E-state index in [1.54, 1.807) is 6.08 Å². The number of aliphatic hydroxyl groups excluding tert-OH is 2. The molecule has 0 radical (unpaired) electrons. The first-order valence-corrected chi connectivity index (χ1v) is 16.3. The van der Waals surface area contributed by atoms with Gasteiger partial charge in [-0.15, -0.1) is 0 Å². The van der Waals surface area contributed by atoms with Crippen LogP contribution in [0.3, 0.4) is 0 Å². The van der Waals surface area contributed by atoms with Gasteiger partial charge in [-0.2, -0.15) is 0 Å². The molecule has 0 aliphatic carbocycles. The zero-order valence-corrected chi connectivity index (χ0v) is 26.2. The summed E-state index contributed by atoms with van der Waals surface area (Å²) in [6.45, 7) is 3.94. The average molecular weight is 577 g/mol. The molecule has 0 spiro atoms. The third kappa shape index (κ3) is 29.1. The molecule has 0 aliphatic heterocycles. The standard InChI is InChI=1S/C35H60O6/c1-3-5-7-9-11-12-16-20-24-28-34(38)40-31-33(30-36)41-35(39)29-25-21-17-13-15-19-23-27-32(37)26-22-18-14-10-8-6-4-2/h13-14,17-19,22-23,26,32-33,36-37H,3-12,15-16,20-21,24-25,27-31H2,1-2H3/b17-13+,18-14-,23-19-,26-22-/t32-,33-/m0/s1. The van der Waals surface area contributed by atoms with Crippen LogP contribution in [0.4, 0.5) is 0 Å². The van der Waals surface area contributed by atoms with E-state index in [0.29, 0.717) is 19.3 Å². The second kappa shape index (κ2) is 30.8. The smallest absolute Gasteiger partial charge is 0.306 e. The molecule has 0 amide bonds. The van der Waals surface area contributed by atoms with Gasteiger partial charge in [-0.1, -0.05) is 127 Å². The fourth-order valence-electron chi connectivity index (χ4n) is 4.15. The Kier molecular flexibility index (Phi) is 29.1. The van der Waals surface area contributed by atoms with Crippen LogP contribution in [0.2, 0.25) is 0 Å². The molecule has 0 rings (SSSR count). The Balaban J connectivity index is 3.82. The topological polar surface area (TPSA) is 93.1 Å². The van der Waals surface area contributed by atoms with E-state index in [4.69, 9.17) is 9.47 Å². The number of allylic oxidation sites excluding steroid dienone is 6. The highest BCUT2D eigenvalue weighted by Gasteiger charge is 2.15. The van der Waals surface area contributed by atoms with Crippen molar-refractivity contribution in [1.82, 2.24) is 0 Å². The molecule has 0 bridgehead atoms. The summed E-state index contributed by atoms with van der Waals surface area (Å²) in [5.74, 6) is -0.705. The van der Waals surface area contributed by atoms with Crippen molar-refractivity contribution in [2.45, 2.75) is 148 Å². The molecule has 236 valence electrons. The molecule has 41 heavy (non-hydrogen) atoms. The highest BCUT2D eigenvalue weighted by Crippen LogP contribution is 2.11. The van der Waals surface area contributed by atoms with Crippen molar-refractivity contribution in [3.05, 3.63) is 48.6 Å². The first kappa shape index (κ1) is 38.8. The molecule has 0 saturated carbocycles. The predicted octanol–water partition coefficient (Wildman–Crippen LogP) is 8.47. The van der Waals surface area contributed by atoms with Crippen molar-refractivity contribution >= 4 is 11.9 Å². The van der Waals surface area contributed by atoms with E-state index in [9.17, 15) is 19.8 Å². The molecule has 0 aromatic heterocycles. The summed E-state index contributed by atoms with van der Waals surface area (Å²) in [7, 11) is 0. The Morgan fingerprint density at radius 3 is 2.00 bits per heavy atom. The minimum atomic E-state index is -0.817. The van der Waals surface area contributed by atoms with Crippen LogP contribution in [0.15, 0.2) is 48.6 Å². The van der Waals surface area contributed by atoms with E-state index in [2.05, 4.69) is 19.9 Å². The minimum Gasteiger partial charge on any atom is -0.462 e. The van der Waals surface area contributed by atoms with Crippen molar-refractivity contribution in [3.8, 4) is 0 Å². The number of ether oxygens (including phenoxy) is 2. The maximum absolute atomic E-state index is 12.1. The van der Waals surface area contributed by atoms with Crippen molar-refractivity contribution < 1.29 is 29.3 Å². The number of aliphatic hydroxyl groups is 2. The molecule has 0 aliphatic rings. The number of carbonyl (C=O) groups excluding carboxylic acids is 2. The fourth-order valence-corrected chi connectivity index (χ4v) is 4.15. The summed E-state index contributed by atoms with van der Waals surface area (Å²) in [4.78, 5) is 24.0. The average Bonchev–Trinajstić information content (AvgIpc) is 2.97. The van der Waals surface area contributed by atoms with Crippen LogP contribution in [-0.4, -0.2) is 47.6 Å². The first-order valence-electron chi connectivity index (χ1n) is 16.3. The van der Waals surface area contributed by atoms with E-state index < -0.39 is 18.2 Å². The lowest BCUT2D eigenvalue weighted by atomic mass is 10.1. The van der Waals surface area contributed by atoms with Crippen LogP contribution in [0.1, 0.15) is 136 Å². The van der Waals surface area contributed by atoms with E-state index in [-0.39, 0.29) is 25.6 Å².